The minimum Gasteiger partial charge on any atom is -0.386 e. The van der Waals surface area contributed by atoms with E-state index in [4.69, 9.17) is 0 Å². The van der Waals surface area contributed by atoms with E-state index < -0.39 is 6.10 Å². The summed E-state index contributed by atoms with van der Waals surface area (Å²) in [6, 6.07) is 7.91. The lowest BCUT2D eigenvalue weighted by molar-refractivity contribution is 0.168. The lowest BCUT2D eigenvalue weighted by Crippen LogP contribution is -2.07. The molecule has 3 nitrogen and oxygen atoms in total. The number of halogens is 1. The molecule has 1 aromatic carbocycles. The van der Waals surface area contributed by atoms with Crippen LogP contribution in [-0.2, 0) is 13.5 Å². The van der Waals surface area contributed by atoms with Gasteiger partial charge in [-0.25, -0.2) is 4.39 Å². The second-order valence-corrected chi connectivity index (χ2v) is 3.73. The van der Waals surface area contributed by atoms with Gasteiger partial charge in [-0.15, -0.1) is 0 Å². The van der Waals surface area contributed by atoms with Crippen LogP contribution in [0.15, 0.2) is 36.5 Å². The highest BCUT2D eigenvalue weighted by Crippen LogP contribution is 2.17. The Hall–Kier alpha value is -1.68. The maximum Gasteiger partial charge on any atom is 0.123 e. The van der Waals surface area contributed by atoms with Gasteiger partial charge in [0.2, 0.25) is 0 Å². The smallest absolute Gasteiger partial charge is 0.123 e. The Morgan fingerprint density at radius 3 is 2.56 bits per heavy atom. The van der Waals surface area contributed by atoms with Crippen molar-refractivity contribution in [1.82, 2.24) is 9.78 Å². The lowest BCUT2D eigenvalue weighted by atomic mass is 10.1. The maximum atomic E-state index is 12.7. The summed E-state index contributed by atoms with van der Waals surface area (Å²) in [7, 11) is 1.78. The van der Waals surface area contributed by atoms with Crippen molar-refractivity contribution in [3.05, 3.63) is 53.6 Å². The van der Waals surface area contributed by atoms with E-state index in [-0.39, 0.29) is 5.82 Å². The maximum absolute atomic E-state index is 12.7. The van der Waals surface area contributed by atoms with Gasteiger partial charge in [0.15, 0.2) is 0 Å². The second-order valence-electron chi connectivity index (χ2n) is 3.73. The van der Waals surface area contributed by atoms with Crippen molar-refractivity contribution in [2.75, 3.05) is 0 Å². The first-order valence-electron chi connectivity index (χ1n) is 5.07. The summed E-state index contributed by atoms with van der Waals surface area (Å²) in [5.74, 6) is -0.265. The van der Waals surface area contributed by atoms with E-state index in [9.17, 15) is 9.50 Å². The van der Waals surface area contributed by atoms with Crippen LogP contribution in [-0.4, -0.2) is 14.9 Å². The number of rotatable bonds is 3. The van der Waals surface area contributed by atoms with Crippen LogP contribution in [0.4, 0.5) is 4.39 Å². The summed E-state index contributed by atoms with van der Waals surface area (Å²) < 4.78 is 14.3. The van der Waals surface area contributed by atoms with Crippen LogP contribution in [0.25, 0.3) is 0 Å². The second kappa shape index (κ2) is 4.45. The van der Waals surface area contributed by atoms with Crippen molar-refractivity contribution in [2.24, 2.45) is 7.05 Å². The van der Waals surface area contributed by atoms with Crippen LogP contribution in [0.5, 0.6) is 0 Å². The van der Waals surface area contributed by atoms with E-state index in [1.54, 1.807) is 36.1 Å². The molecule has 2 rings (SSSR count). The predicted octanol–water partition coefficient (Wildman–Crippen LogP) is 1.84. The SMILES string of the molecule is Cn1nccc1C(O)Cc1ccc(F)cc1. The van der Waals surface area contributed by atoms with Gasteiger partial charge in [0.25, 0.3) is 0 Å². The number of hydrogen-bond acceptors (Lipinski definition) is 2. The number of aryl methyl sites for hydroxylation is 1. The molecule has 0 radical (unpaired) electrons. The number of aromatic nitrogens is 2. The Labute approximate surface area is 93.2 Å². The van der Waals surface area contributed by atoms with Crippen LogP contribution in [0.3, 0.4) is 0 Å². The molecular weight excluding hydrogens is 207 g/mol. The molecule has 1 aromatic heterocycles. The Kier molecular flexibility index (Phi) is 3.01. The molecule has 2 aromatic rings. The number of benzene rings is 1. The zero-order valence-electron chi connectivity index (χ0n) is 8.97. The topological polar surface area (TPSA) is 38.0 Å². The van der Waals surface area contributed by atoms with E-state index in [1.807, 2.05) is 0 Å². The predicted molar refractivity (Wildman–Crippen MR) is 58.3 cm³/mol. The molecule has 1 N–H and O–H groups in total. The van der Waals surface area contributed by atoms with Gasteiger partial charge in [-0.05, 0) is 23.8 Å². The average Bonchev–Trinajstić information content (AvgIpc) is 2.68. The molecule has 0 aliphatic carbocycles. The van der Waals surface area contributed by atoms with Crippen LogP contribution >= 0.6 is 0 Å². The summed E-state index contributed by atoms with van der Waals surface area (Å²) >= 11 is 0. The van der Waals surface area contributed by atoms with Crippen LogP contribution < -0.4 is 0 Å². The van der Waals surface area contributed by atoms with Crippen molar-refractivity contribution < 1.29 is 9.50 Å². The third-order valence-corrected chi connectivity index (χ3v) is 2.54. The van der Waals surface area contributed by atoms with Gasteiger partial charge >= 0.3 is 0 Å². The van der Waals surface area contributed by atoms with Crippen LogP contribution in [0.1, 0.15) is 17.4 Å². The summed E-state index contributed by atoms with van der Waals surface area (Å²) in [6.45, 7) is 0. The molecular formula is C12H13FN2O. The zero-order chi connectivity index (χ0) is 11.5. The summed E-state index contributed by atoms with van der Waals surface area (Å²) in [5, 5.41) is 13.9. The largest absolute Gasteiger partial charge is 0.386 e. The molecule has 0 aliphatic heterocycles. The highest BCUT2D eigenvalue weighted by Gasteiger charge is 2.11. The number of nitrogens with zero attached hydrogens (tertiary/aromatic N) is 2. The van der Waals surface area contributed by atoms with E-state index in [1.165, 1.54) is 12.1 Å². The van der Waals surface area contributed by atoms with Crippen molar-refractivity contribution in [2.45, 2.75) is 12.5 Å². The average molecular weight is 220 g/mol. The van der Waals surface area contributed by atoms with Crippen LogP contribution in [0.2, 0.25) is 0 Å². The molecule has 1 unspecified atom stereocenters. The lowest BCUT2D eigenvalue weighted by Gasteiger charge is -2.10. The van der Waals surface area contributed by atoms with Crippen molar-refractivity contribution in [3.63, 3.8) is 0 Å². The van der Waals surface area contributed by atoms with E-state index in [0.29, 0.717) is 6.42 Å². The van der Waals surface area contributed by atoms with Crippen LogP contribution in [0, 0.1) is 5.82 Å². The number of aliphatic hydroxyl groups excluding tert-OH is 1. The monoisotopic (exact) mass is 220 g/mol. The highest BCUT2D eigenvalue weighted by molar-refractivity contribution is 5.19. The normalized spacial score (nSPS) is 12.7. The summed E-state index contributed by atoms with van der Waals surface area (Å²) in [4.78, 5) is 0. The van der Waals surface area contributed by atoms with Gasteiger partial charge in [0.1, 0.15) is 5.82 Å². The first-order valence-corrected chi connectivity index (χ1v) is 5.07. The molecule has 0 bridgehead atoms. The summed E-state index contributed by atoms with van der Waals surface area (Å²) in [5.41, 5.74) is 1.65. The molecule has 0 spiro atoms. The van der Waals surface area contributed by atoms with Crippen molar-refractivity contribution in [1.29, 1.82) is 0 Å². The molecule has 0 amide bonds. The van der Waals surface area contributed by atoms with E-state index in [2.05, 4.69) is 5.10 Å². The van der Waals surface area contributed by atoms with Gasteiger partial charge in [-0.2, -0.15) is 5.10 Å². The highest BCUT2D eigenvalue weighted by atomic mass is 19.1. The molecule has 0 saturated heterocycles. The molecule has 0 saturated carbocycles. The third kappa shape index (κ3) is 2.28. The Bertz CT molecular complexity index is 464. The van der Waals surface area contributed by atoms with Gasteiger partial charge < -0.3 is 5.11 Å². The first kappa shape index (κ1) is 10.8. The fourth-order valence-corrected chi connectivity index (χ4v) is 1.66. The van der Waals surface area contributed by atoms with Crippen molar-refractivity contribution in [3.8, 4) is 0 Å². The Morgan fingerprint density at radius 1 is 1.31 bits per heavy atom. The standard InChI is InChI=1S/C12H13FN2O/c1-15-11(6-7-14-15)12(16)8-9-2-4-10(13)5-3-9/h2-7,12,16H,8H2,1H3. The molecule has 1 heterocycles. The molecule has 0 aliphatic rings. The van der Waals surface area contributed by atoms with E-state index in [0.717, 1.165) is 11.3 Å². The first-order chi connectivity index (χ1) is 7.66. The quantitative estimate of drug-likeness (QED) is 0.857. The number of aliphatic hydroxyl groups is 1. The molecule has 16 heavy (non-hydrogen) atoms. The fourth-order valence-electron chi connectivity index (χ4n) is 1.66. The van der Waals surface area contributed by atoms with Crippen molar-refractivity contribution >= 4 is 0 Å². The third-order valence-electron chi connectivity index (χ3n) is 2.54. The van der Waals surface area contributed by atoms with Gasteiger partial charge in [-0.3, -0.25) is 4.68 Å². The molecule has 1 atom stereocenters. The van der Waals surface area contributed by atoms with Gasteiger partial charge in [-0.1, -0.05) is 12.1 Å². The minimum atomic E-state index is -0.613. The van der Waals surface area contributed by atoms with Gasteiger partial charge in [0.05, 0.1) is 11.8 Å². The molecule has 84 valence electrons. The summed E-state index contributed by atoms with van der Waals surface area (Å²) in [6.07, 6.45) is 1.49. The van der Waals surface area contributed by atoms with E-state index >= 15 is 0 Å². The molecule has 4 heteroatoms. The number of hydrogen-bond donors (Lipinski definition) is 1. The fraction of sp³-hybridized carbons (Fsp3) is 0.250. The van der Waals surface area contributed by atoms with Gasteiger partial charge in [0, 0.05) is 19.7 Å². The Morgan fingerprint density at radius 2 is 2.00 bits per heavy atom. The Balaban J connectivity index is 2.10. The molecule has 0 fully saturated rings. The zero-order valence-corrected chi connectivity index (χ0v) is 8.97. The minimum absolute atomic E-state index is 0.265.